The van der Waals surface area contributed by atoms with E-state index >= 15 is 0 Å². The first-order valence-corrected chi connectivity index (χ1v) is 8.79. The predicted molar refractivity (Wildman–Crippen MR) is 103 cm³/mol. The summed E-state index contributed by atoms with van der Waals surface area (Å²) in [6, 6.07) is 16.8. The predicted octanol–water partition coefficient (Wildman–Crippen LogP) is 3.29. The summed E-state index contributed by atoms with van der Waals surface area (Å²) in [6.45, 7) is 1.79. The van der Waals surface area contributed by atoms with Crippen LogP contribution in [0.3, 0.4) is 0 Å². The zero-order valence-electron chi connectivity index (χ0n) is 15.2. The summed E-state index contributed by atoms with van der Waals surface area (Å²) in [5, 5.41) is 2.79. The third kappa shape index (κ3) is 4.23. The molecule has 5 nitrogen and oxygen atoms in total. The minimum Gasteiger partial charge on any atom is -0.347 e. The summed E-state index contributed by atoms with van der Waals surface area (Å²) >= 11 is 0. The number of carbonyl (C=O) groups excluding carboxylic acids is 2. The number of Topliss-reactive ketones (excluding diaryl/α,β-unsaturated/α-hetero) is 1. The smallest absolute Gasteiger partial charge is 0.251 e. The number of nitrogens with zero attached hydrogens (tertiary/aromatic N) is 1. The molecule has 3 rings (SSSR count). The number of rotatable bonds is 6. The quantitative estimate of drug-likeness (QED) is 0.529. The fourth-order valence-corrected chi connectivity index (χ4v) is 2.91. The maximum Gasteiger partial charge on any atom is 0.251 e. The van der Waals surface area contributed by atoms with Crippen LogP contribution in [0.1, 0.15) is 34.9 Å². The number of ketones is 1. The Hall–Kier alpha value is -3.54. The van der Waals surface area contributed by atoms with E-state index in [2.05, 4.69) is 5.32 Å². The number of nitrogens with one attached hydrogen (secondary N) is 1. The van der Waals surface area contributed by atoms with E-state index < -0.39 is 29.1 Å². The minimum atomic E-state index is -1.40. The Labute approximate surface area is 161 Å². The fourth-order valence-electron chi connectivity index (χ4n) is 2.91. The maximum atomic E-state index is 13.2. The number of hydrogen-bond acceptors (Lipinski definition) is 3. The molecule has 0 aliphatic heterocycles. The van der Waals surface area contributed by atoms with Gasteiger partial charge in [0.25, 0.3) is 11.5 Å². The van der Waals surface area contributed by atoms with Crippen molar-refractivity contribution in [3.63, 3.8) is 0 Å². The van der Waals surface area contributed by atoms with Crippen molar-refractivity contribution in [1.82, 2.24) is 9.88 Å². The van der Waals surface area contributed by atoms with Crippen LogP contribution in [0.15, 0.2) is 83.8 Å². The van der Waals surface area contributed by atoms with Crippen LogP contribution in [-0.4, -0.2) is 16.3 Å². The summed E-state index contributed by atoms with van der Waals surface area (Å²) in [5.74, 6) is -1.70. The SMILES string of the molecule is C[C@@H](NC(=O)[C@@H](C(=O)c1ccc(F)cc1)n1ccccc1=O)c1ccccc1. The molecule has 1 heterocycles. The maximum absolute atomic E-state index is 13.2. The first kappa shape index (κ1) is 19.2. The molecule has 0 saturated carbocycles. The van der Waals surface area contributed by atoms with Crippen molar-refractivity contribution in [3.8, 4) is 0 Å². The Bertz CT molecular complexity index is 1030. The van der Waals surface area contributed by atoms with Gasteiger partial charge in [0, 0.05) is 17.8 Å². The molecular weight excluding hydrogens is 359 g/mol. The lowest BCUT2D eigenvalue weighted by Crippen LogP contribution is -2.42. The third-order valence-electron chi connectivity index (χ3n) is 4.41. The second-order valence-electron chi connectivity index (χ2n) is 6.36. The molecule has 142 valence electrons. The Balaban J connectivity index is 1.95. The Kier molecular flexibility index (Phi) is 5.79. The number of carbonyl (C=O) groups is 2. The lowest BCUT2D eigenvalue weighted by molar-refractivity contribution is -0.123. The van der Waals surface area contributed by atoms with Crippen molar-refractivity contribution in [3.05, 3.63) is 106 Å². The van der Waals surface area contributed by atoms with E-state index in [9.17, 15) is 18.8 Å². The summed E-state index contributed by atoms with van der Waals surface area (Å²) in [6.07, 6.45) is 1.39. The molecule has 1 amide bonds. The lowest BCUT2D eigenvalue weighted by atomic mass is 10.0. The van der Waals surface area contributed by atoms with Gasteiger partial charge in [0.05, 0.1) is 6.04 Å². The van der Waals surface area contributed by atoms with E-state index in [1.807, 2.05) is 30.3 Å². The van der Waals surface area contributed by atoms with E-state index in [4.69, 9.17) is 0 Å². The highest BCUT2D eigenvalue weighted by atomic mass is 19.1. The zero-order chi connectivity index (χ0) is 20.1. The van der Waals surface area contributed by atoms with E-state index in [-0.39, 0.29) is 11.6 Å². The monoisotopic (exact) mass is 378 g/mol. The molecule has 0 radical (unpaired) electrons. The van der Waals surface area contributed by atoms with Crippen LogP contribution in [0.5, 0.6) is 0 Å². The van der Waals surface area contributed by atoms with Crippen molar-refractivity contribution in [2.75, 3.05) is 0 Å². The largest absolute Gasteiger partial charge is 0.347 e. The van der Waals surface area contributed by atoms with Crippen LogP contribution in [0, 0.1) is 5.82 Å². The molecule has 0 bridgehead atoms. The molecule has 0 fully saturated rings. The van der Waals surface area contributed by atoms with Gasteiger partial charge in [-0.2, -0.15) is 0 Å². The van der Waals surface area contributed by atoms with Gasteiger partial charge in [0.2, 0.25) is 0 Å². The van der Waals surface area contributed by atoms with Gasteiger partial charge < -0.3 is 5.32 Å². The van der Waals surface area contributed by atoms with Crippen LogP contribution >= 0.6 is 0 Å². The topological polar surface area (TPSA) is 68.2 Å². The first-order chi connectivity index (χ1) is 13.5. The van der Waals surface area contributed by atoms with Crippen LogP contribution in [0.25, 0.3) is 0 Å². The summed E-state index contributed by atoms with van der Waals surface area (Å²) < 4.78 is 14.3. The Morgan fingerprint density at radius 2 is 1.57 bits per heavy atom. The van der Waals surface area contributed by atoms with Crippen LogP contribution in [0.2, 0.25) is 0 Å². The Morgan fingerprint density at radius 3 is 2.21 bits per heavy atom. The number of amides is 1. The van der Waals surface area contributed by atoms with E-state index in [1.54, 1.807) is 13.0 Å². The molecule has 28 heavy (non-hydrogen) atoms. The number of pyridine rings is 1. The van der Waals surface area contributed by atoms with E-state index in [1.165, 1.54) is 30.5 Å². The van der Waals surface area contributed by atoms with Gasteiger partial charge in [0.1, 0.15) is 5.82 Å². The molecule has 0 aliphatic rings. The van der Waals surface area contributed by atoms with Gasteiger partial charge in [-0.1, -0.05) is 36.4 Å². The van der Waals surface area contributed by atoms with Gasteiger partial charge >= 0.3 is 0 Å². The molecular formula is C22H19FN2O3. The molecule has 6 heteroatoms. The molecule has 0 saturated heterocycles. The van der Waals surface area contributed by atoms with Gasteiger partial charge in [0.15, 0.2) is 11.8 Å². The lowest BCUT2D eigenvalue weighted by Gasteiger charge is -2.21. The fraction of sp³-hybridized carbons (Fsp3) is 0.136. The second kappa shape index (κ2) is 8.43. The summed E-state index contributed by atoms with van der Waals surface area (Å²) in [4.78, 5) is 38.3. The van der Waals surface area contributed by atoms with Gasteiger partial charge in [-0.15, -0.1) is 0 Å². The molecule has 3 aromatic rings. The van der Waals surface area contributed by atoms with Gasteiger partial charge in [-0.05, 0) is 42.8 Å². The third-order valence-corrected chi connectivity index (χ3v) is 4.41. The molecule has 0 aliphatic carbocycles. The normalized spacial score (nSPS) is 12.8. The van der Waals surface area contributed by atoms with Crippen molar-refractivity contribution in [2.24, 2.45) is 0 Å². The molecule has 0 spiro atoms. The molecule has 1 N–H and O–H groups in total. The van der Waals surface area contributed by atoms with Crippen LogP contribution in [-0.2, 0) is 4.79 Å². The number of benzene rings is 2. The van der Waals surface area contributed by atoms with Gasteiger partial charge in [-0.3, -0.25) is 19.0 Å². The average Bonchev–Trinajstić information content (AvgIpc) is 2.70. The number of aromatic nitrogens is 1. The standard InChI is InChI=1S/C22H19FN2O3/c1-15(16-7-3-2-4-8-16)24-22(28)20(25-14-6-5-9-19(25)26)21(27)17-10-12-18(23)13-11-17/h2-15,20H,1H3,(H,24,28)/t15-,20-/m1/s1. The number of hydrogen-bond donors (Lipinski definition) is 1. The van der Waals surface area contributed by atoms with Crippen molar-refractivity contribution in [1.29, 1.82) is 0 Å². The van der Waals surface area contributed by atoms with Crippen molar-refractivity contribution in [2.45, 2.75) is 19.0 Å². The molecule has 1 aromatic heterocycles. The minimum absolute atomic E-state index is 0.143. The van der Waals surface area contributed by atoms with Crippen LogP contribution < -0.4 is 10.9 Å². The highest BCUT2D eigenvalue weighted by Crippen LogP contribution is 2.18. The molecule has 2 atom stereocenters. The highest BCUT2D eigenvalue weighted by molar-refractivity contribution is 6.11. The Morgan fingerprint density at radius 1 is 0.929 bits per heavy atom. The summed E-state index contributed by atoms with van der Waals surface area (Å²) in [7, 11) is 0. The molecule has 2 aromatic carbocycles. The van der Waals surface area contributed by atoms with E-state index in [0.717, 1.165) is 22.3 Å². The van der Waals surface area contributed by atoms with Crippen LogP contribution in [0.4, 0.5) is 4.39 Å². The van der Waals surface area contributed by atoms with Gasteiger partial charge in [-0.25, -0.2) is 4.39 Å². The average molecular weight is 378 g/mol. The first-order valence-electron chi connectivity index (χ1n) is 8.79. The van der Waals surface area contributed by atoms with Crippen molar-refractivity contribution >= 4 is 11.7 Å². The second-order valence-corrected chi connectivity index (χ2v) is 6.36. The highest BCUT2D eigenvalue weighted by Gasteiger charge is 2.31. The number of halogens is 1. The zero-order valence-corrected chi connectivity index (χ0v) is 15.2. The van der Waals surface area contributed by atoms with Crippen molar-refractivity contribution < 1.29 is 14.0 Å². The molecule has 0 unspecified atom stereocenters. The van der Waals surface area contributed by atoms with E-state index in [0.29, 0.717) is 0 Å². The summed E-state index contributed by atoms with van der Waals surface area (Å²) in [5.41, 5.74) is 0.527.